The van der Waals surface area contributed by atoms with E-state index in [0.717, 1.165) is 16.1 Å². The van der Waals surface area contributed by atoms with Gasteiger partial charge in [-0.1, -0.05) is 30.0 Å². The molecule has 0 unspecified atom stereocenters. The molecule has 1 aliphatic rings. The van der Waals surface area contributed by atoms with Gasteiger partial charge in [-0.25, -0.2) is 17.7 Å². The van der Waals surface area contributed by atoms with Gasteiger partial charge >= 0.3 is 0 Å². The molecule has 0 radical (unpaired) electrons. The zero-order valence-electron chi connectivity index (χ0n) is 19.2. The quantitative estimate of drug-likeness (QED) is 0.375. The predicted molar refractivity (Wildman–Crippen MR) is 131 cm³/mol. The van der Waals surface area contributed by atoms with Gasteiger partial charge in [0.05, 0.1) is 40.5 Å². The van der Waals surface area contributed by atoms with E-state index in [-0.39, 0.29) is 22.1 Å². The summed E-state index contributed by atoms with van der Waals surface area (Å²) in [6, 6.07) is 11.6. The smallest absolute Gasteiger partial charge is 0.266 e. The molecule has 1 aromatic heterocycles. The molecule has 1 amide bonds. The van der Waals surface area contributed by atoms with E-state index in [1.807, 2.05) is 0 Å². The van der Waals surface area contributed by atoms with Crippen LogP contribution in [0.1, 0.15) is 5.56 Å². The largest absolute Gasteiger partial charge is 0.378 e. The summed E-state index contributed by atoms with van der Waals surface area (Å²) < 4.78 is 33.4. The number of aryl methyl sites for hydroxylation is 1. The molecule has 180 valence electrons. The fourth-order valence-electron chi connectivity index (χ4n) is 3.65. The minimum absolute atomic E-state index is 0.0667. The van der Waals surface area contributed by atoms with Crippen molar-refractivity contribution in [2.45, 2.75) is 17.0 Å². The van der Waals surface area contributed by atoms with Crippen molar-refractivity contribution in [3.8, 4) is 5.69 Å². The Morgan fingerprint density at radius 1 is 1.15 bits per heavy atom. The predicted octanol–water partition coefficient (Wildman–Crippen LogP) is 1.90. The molecule has 0 atom stereocenters. The molecule has 3 aromatic rings. The first kappa shape index (κ1) is 24.4. The average molecular weight is 503 g/mol. The number of benzene rings is 2. The van der Waals surface area contributed by atoms with Crippen LogP contribution < -0.4 is 5.56 Å². The molecule has 9 nitrogen and oxygen atoms in total. The Labute approximate surface area is 202 Å². The van der Waals surface area contributed by atoms with E-state index in [1.165, 1.54) is 30.8 Å². The molecule has 11 heteroatoms. The lowest BCUT2D eigenvalue weighted by Crippen LogP contribution is -2.41. The van der Waals surface area contributed by atoms with Crippen LogP contribution in [-0.4, -0.2) is 79.2 Å². The van der Waals surface area contributed by atoms with Crippen molar-refractivity contribution in [2.75, 3.05) is 46.2 Å². The third-order valence-corrected chi connectivity index (χ3v) is 8.37. The lowest BCUT2D eigenvalue weighted by atomic mass is 10.2. The molecule has 2 heterocycles. The van der Waals surface area contributed by atoms with Crippen molar-refractivity contribution < 1.29 is 17.9 Å². The molecular weight excluding hydrogens is 476 g/mol. The van der Waals surface area contributed by atoms with E-state index < -0.39 is 10.0 Å². The number of nitrogens with zero attached hydrogens (tertiary/aromatic N) is 4. The van der Waals surface area contributed by atoms with E-state index in [2.05, 4.69) is 4.98 Å². The maximum absolute atomic E-state index is 13.6. The maximum Gasteiger partial charge on any atom is 0.266 e. The SMILES string of the molecule is Cc1ccc(S(=O)(=O)N(C)C)cc1-n1c(SCC(=O)N2CCOCC2)nc2ccccc2c1=O. The maximum atomic E-state index is 13.6. The number of carbonyl (C=O) groups is 1. The van der Waals surface area contributed by atoms with Gasteiger partial charge in [0, 0.05) is 27.2 Å². The highest BCUT2D eigenvalue weighted by Gasteiger charge is 2.23. The molecule has 4 rings (SSSR count). The minimum atomic E-state index is -3.71. The fourth-order valence-corrected chi connectivity index (χ4v) is 5.48. The third-order valence-electron chi connectivity index (χ3n) is 5.63. The lowest BCUT2D eigenvalue weighted by molar-refractivity contribution is -0.132. The van der Waals surface area contributed by atoms with Gasteiger partial charge in [-0.05, 0) is 36.8 Å². The van der Waals surface area contributed by atoms with Gasteiger partial charge < -0.3 is 9.64 Å². The zero-order chi connectivity index (χ0) is 24.5. The molecule has 0 saturated carbocycles. The second-order valence-corrected chi connectivity index (χ2v) is 11.2. The zero-order valence-corrected chi connectivity index (χ0v) is 20.9. The molecule has 1 fully saturated rings. The van der Waals surface area contributed by atoms with Crippen LogP contribution in [0.3, 0.4) is 0 Å². The second kappa shape index (κ2) is 9.87. The molecule has 0 N–H and O–H groups in total. The third kappa shape index (κ3) is 4.74. The Morgan fingerprint density at radius 3 is 2.56 bits per heavy atom. The summed E-state index contributed by atoms with van der Waals surface area (Å²) in [6.07, 6.45) is 0. The number of rotatable bonds is 6. The van der Waals surface area contributed by atoms with Gasteiger partial charge in [0.15, 0.2) is 5.16 Å². The standard InChI is InChI=1S/C23H26N4O5S2/c1-16-8-9-17(34(30,31)25(2)3)14-20(16)27-22(29)18-6-4-5-7-19(18)24-23(27)33-15-21(28)26-10-12-32-13-11-26/h4-9,14H,10-13,15H2,1-3H3. The second-order valence-electron chi connectivity index (χ2n) is 8.07. The number of para-hydroxylation sites is 1. The Morgan fingerprint density at radius 2 is 1.85 bits per heavy atom. The Hall–Kier alpha value is -2.73. The monoisotopic (exact) mass is 502 g/mol. The number of hydrogen-bond donors (Lipinski definition) is 0. The number of morpholine rings is 1. The van der Waals surface area contributed by atoms with E-state index in [0.29, 0.717) is 53.6 Å². The number of carbonyl (C=O) groups excluding carboxylic acids is 1. The van der Waals surface area contributed by atoms with Crippen LogP contribution in [0.5, 0.6) is 0 Å². The first-order chi connectivity index (χ1) is 16.2. The molecule has 0 spiro atoms. The van der Waals surface area contributed by atoms with Crippen molar-refractivity contribution in [2.24, 2.45) is 0 Å². The Kier molecular flexibility index (Phi) is 7.08. The molecular formula is C23H26N4O5S2. The Bertz CT molecular complexity index is 1400. The van der Waals surface area contributed by atoms with Crippen LogP contribution in [0.15, 0.2) is 57.3 Å². The number of hydrogen-bond acceptors (Lipinski definition) is 7. The highest BCUT2D eigenvalue weighted by molar-refractivity contribution is 7.99. The van der Waals surface area contributed by atoms with Crippen molar-refractivity contribution >= 4 is 38.6 Å². The van der Waals surface area contributed by atoms with Crippen LogP contribution in [0.4, 0.5) is 0 Å². The number of aromatic nitrogens is 2. The number of sulfonamides is 1. The molecule has 34 heavy (non-hydrogen) atoms. The summed E-state index contributed by atoms with van der Waals surface area (Å²) in [4.78, 5) is 32.8. The van der Waals surface area contributed by atoms with Crippen LogP contribution in [-0.2, 0) is 19.6 Å². The van der Waals surface area contributed by atoms with Gasteiger partial charge in [0.1, 0.15) is 0 Å². The van der Waals surface area contributed by atoms with Crippen molar-refractivity contribution in [3.63, 3.8) is 0 Å². The lowest BCUT2D eigenvalue weighted by Gasteiger charge is -2.26. The van der Waals surface area contributed by atoms with Crippen LogP contribution in [0.25, 0.3) is 16.6 Å². The van der Waals surface area contributed by atoms with Gasteiger partial charge in [-0.3, -0.25) is 14.2 Å². The molecule has 1 aliphatic heterocycles. The number of amides is 1. The molecule has 1 saturated heterocycles. The molecule has 0 aliphatic carbocycles. The molecule has 2 aromatic carbocycles. The van der Waals surface area contributed by atoms with Crippen molar-refractivity contribution in [1.82, 2.24) is 18.8 Å². The van der Waals surface area contributed by atoms with Crippen LogP contribution >= 0.6 is 11.8 Å². The number of fused-ring (bicyclic) bond motifs is 1. The van der Waals surface area contributed by atoms with E-state index >= 15 is 0 Å². The summed E-state index contributed by atoms with van der Waals surface area (Å²) in [5, 5.41) is 0.736. The minimum Gasteiger partial charge on any atom is -0.378 e. The van der Waals surface area contributed by atoms with E-state index in [1.54, 1.807) is 42.2 Å². The summed E-state index contributed by atoms with van der Waals surface area (Å²) in [7, 11) is -0.803. The topological polar surface area (TPSA) is 102 Å². The van der Waals surface area contributed by atoms with Crippen LogP contribution in [0.2, 0.25) is 0 Å². The van der Waals surface area contributed by atoms with Gasteiger partial charge in [0.2, 0.25) is 15.9 Å². The van der Waals surface area contributed by atoms with Crippen molar-refractivity contribution in [3.05, 3.63) is 58.4 Å². The summed E-state index contributed by atoms with van der Waals surface area (Å²) in [5.74, 6) is 0.0300. The van der Waals surface area contributed by atoms with Gasteiger partial charge in [0.25, 0.3) is 5.56 Å². The summed E-state index contributed by atoms with van der Waals surface area (Å²) in [6.45, 7) is 3.86. The summed E-state index contributed by atoms with van der Waals surface area (Å²) in [5.41, 5.74) is 1.31. The normalized spacial score (nSPS) is 14.6. The number of ether oxygens (including phenoxy) is 1. The first-order valence-corrected chi connectivity index (χ1v) is 13.2. The van der Waals surface area contributed by atoms with Gasteiger partial charge in [-0.15, -0.1) is 0 Å². The highest BCUT2D eigenvalue weighted by Crippen LogP contribution is 2.26. The van der Waals surface area contributed by atoms with Gasteiger partial charge in [-0.2, -0.15) is 0 Å². The van der Waals surface area contributed by atoms with Crippen LogP contribution in [0, 0.1) is 6.92 Å². The van der Waals surface area contributed by atoms with E-state index in [9.17, 15) is 18.0 Å². The van der Waals surface area contributed by atoms with E-state index in [4.69, 9.17) is 4.74 Å². The Balaban J connectivity index is 1.82. The molecule has 0 bridgehead atoms. The summed E-state index contributed by atoms with van der Waals surface area (Å²) >= 11 is 1.16. The fraction of sp³-hybridized carbons (Fsp3) is 0.348. The van der Waals surface area contributed by atoms with Crippen molar-refractivity contribution in [1.29, 1.82) is 0 Å². The number of thioether (sulfide) groups is 1. The average Bonchev–Trinajstić information content (AvgIpc) is 2.83. The highest BCUT2D eigenvalue weighted by atomic mass is 32.2. The first-order valence-electron chi connectivity index (χ1n) is 10.7.